The highest BCUT2D eigenvalue weighted by Crippen LogP contribution is 2.16. The monoisotopic (exact) mass is 362 g/mol. The largest absolute Gasteiger partial charge is 0.494 e. The number of sulfonamides is 1. The van der Waals surface area contributed by atoms with Crippen molar-refractivity contribution in [2.75, 3.05) is 18.5 Å². The second kappa shape index (κ2) is 8.13. The van der Waals surface area contributed by atoms with Crippen molar-refractivity contribution in [3.05, 3.63) is 53.6 Å². The average molecular weight is 362 g/mol. The van der Waals surface area contributed by atoms with Gasteiger partial charge in [-0.25, -0.2) is 13.1 Å². The molecule has 0 aliphatic carbocycles. The Hall–Kier alpha value is -2.38. The molecule has 1 amide bonds. The molecule has 134 valence electrons. The summed E-state index contributed by atoms with van der Waals surface area (Å²) < 4.78 is 32.0. The minimum absolute atomic E-state index is 0.0788. The molecule has 0 heterocycles. The quantitative estimate of drug-likeness (QED) is 0.793. The zero-order valence-electron chi connectivity index (χ0n) is 14.5. The molecule has 0 bridgehead atoms. The fourth-order valence-electron chi connectivity index (χ4n) is 2.38. The van der Waals surface area contributed by atoms with Crippen LogP contribution in [0.4, 0.5) is 5.69 Å². The predicted molar refractivity (Wildman–Crippen MR) is 97.3 cm³/mol. The van der Waals surface area contributed by atoms with Gasteiger partial charge in [0.2, 0.25) is 15.9 Å². The SMILES string of the molecule is CCOc1ccc(S(=O)(=O)NCC(=O)Nc2cc(C)cc(C)c2)cc1. The van der Waals surface area contributed by atoms with E-state index in [-0.39, 0.29) is 11.4 Å². The molecule has 25 heavy (non-hydrogen) atoms. The zero-order valence-corrected chi connectivity index (χ0v) is 15.3. The van der Waals surface area contributed by atoms with Gasteiger partial charge < -0.3 is 10.1 Å². The van der Waals surface area contributed by atoms with Crippen LogP contribution >= 0.6 is 0 Å². The normalized spacial score (nSPS) is 11.2. The molecule has 2 rings (SSSR count). The Morgan fingerprint density at radius 3 is 2.20 bits per heavy atom. The number of benzene rings is 2. The van der Waals surface area contributed by atoms with E-state index < -0.39 is 15.9 Å². The Labute approximate surface area is 148 Å². The van der Waals surface area contributed by atoms with E-state index in [4.69, 9.17) is 4.74 Å². The lowest BCUT2D eigenvalue weighted by atomic mass is 10.1. The molecule has 0 fully saturated rings. The van der Waals surface area contributed by atoms with Crippen LogP contribution in [0.2, 0.25) is 0 Å². The summed E-state index contributed by atoms with van der Waals surface area (Å²) in [6.45, 7) is 5.86. The summed E-state index contributed by atoms with van der Waals surface area (Å²) in [7, 11) is -3.76. The van der Waals surface area contributed by atoms with Crippen LogP contribution < -0.4 is 14.8 Å². The molecule has 7 heteroatoms. The van der Waals surface area contributed by atoms with E-state index >= 15 is 0 Å². The zero-order chi connectivity index (χ0) is 18.4. The van der Waals surface area contributed by atoms with Crippen molar-refractivity contribution in [1.29, 1.82) is 0 Å². The molecule has 0 unspecified atom stereocenters. The molecule has 2 aromatic rings. The second-order valence-corrected chi connectivity index (χ2v) is 7.42. The van der Waals surface area contributed by atoms with Crippen molar-refractivity contribution < 1.29 is 17.9 Å². The summed E-state index contributed by atoms with van der Waals surface area (Å²) in [6.07, 6.45) is 0. The van der Waals surface area contributed by atoms with Crippen molar-refractivity contribution in [1.82, 2.24) is 4.72 Å². The van der Waals surface area contributed by atoms with E-state index in [2.05, 4.69) is 10.0 Å². The third kappa shape index (κ3) is 5.58. The topological polar surface area (TPSA) is 84.5 Å². The summed E-state index contributed by atoms with van der Waals surface area (Å²) in [5.41, 5.74) is 2.68. The van der Waals surface area contributed by atoms with Crippen LogP contribution in [-0.4, -0.2) is 27.5 Å². The number of rotatable bonds is 7. The van der Waals surface area contributed by atoms with E-state index in [1.807, 2.05) is 39.0 Å². The van der Waals surface area contributed by atoms with Gasteiger partial charge in [-0.15, -0.1) is 0 Å². The van der Waals surface area contributed by atoms with Crippen LogP contribution in [-0.2, 0) is 14.8 Å². The molecule has 2 N–H and O–H groups in total. The first kappa shape index (κ1) is 19.0. The maximum atomic E-state index is 12.2. The van der Waals surface area contributed by atoms with E-state index in [1.54, 1.807) is 12.1 Å². The molecule has 0 aliphatic heterocycles. The van der Waals surface area contributed by atoms with Crippen LogP contribution in [0.3, 0.4) is 0 Å². The van der Waals surface area contributed by atoms with E-state index in [9.17, 15) is 13.2 Å². The third-order valence-corrected chi connectivity index (χ3v) is 4.79. The highest BCUT2D eigenvalue weighted by atomic mass is 32.2. The van der Waals surface area contributed by atoms with Gasteiger partial charge in [0.25, 0.3) is 0 Å². The molecule has 0 aromatic heterocycles. The van der Waals surface area contributed by atoms with Crippen molar-refractivity contribution in [2.24, 2.45) is 0 Å². The van der Waals surface area contributed by atoms with E-state index in [0.717, 1.165) is 11.1 Å². The summed E-state index contributed by atoms with van der Waals surface area (Å²) in [4.78, 5) is 12.1. The van der Waals surface area contributed by atoms with E-state index in [0.29, 0.717) is 18.0 Å². The minimum atomic E-state index is -3.76. The van der Waals surface area contributed by atoms with Gasteiger partial charge in [-0.3, -0.25) is 4.79 Å². The second-order valence-electron chi connectivity index (χ2n) is 5.65. The molecule has 0 spiro atoms. The lowest BCUT2D eigenvalue weighted by Gasteiger charge is -2.10. The Morgan fingerprint density at radius 1 is 1.04 bits per heavy atom. The minimum Gasteiger partial charge on any atom is -0.494 e. The standard InChI is InChI=1S/C18H22N2O4S/c1-4-24-16-5-7-17(8-6-16)25(22,23)19-12-18(21)20-15-10-13(2)9-14(3)11-15/h5-11,19H,4,12H2,1-3H3,(H,20,21). The van der Waals surface area contributed by atoms with Crippen molar-refractivity contribution in [3.8, 4) is 5.75 Å². The summed E-state index contributed by atoms with van der Waals surface area (Å²) in [5.74, 6) is 0.161. The Balaban J connectivity index is 1.97. The van der Waals surface area contributed by atoms with Gasteiger partial charge >= 0.3 is 0 Å². The van der Waals surface area contributed by atoms with Gasteiger partial charge in [0.1, 0.15) is 5.75 Å². The average Bonchev–Trinajstić information content (AvgIpc) is 2.53. The molecule has 0 atom stereocenters. The Bertz CT molecular complexity index is 826. The maximum Gasteiger partial charge on any atom is 0.241 e. The maximum absolute atomic E-state index is 12.2. The Kier molecular flexibility index (Phi) is 6.17. The first-order valence-electron chi connectivity index (χ1n) is 7.91. The van der Waals surface area contributed by atoms with E-state index in [1.165, 1.54) is 12.1 Å². The van der Waals surface area contributed by atoms with Crippen molar-refractivity contribution in [2.45, 2.75) is 25.7 Å². The number of carbonyl (C=O) groups excluding carboxylic acids is 1. The predicted octanol–water partition coefficient (Wildman–Crippen LogP) is 2.62. The summed E-state index contributed by atoms with van der Waals surface area (Å²) >= 11 is 0. The Morgan fingerprint density at radius 2 is 1.64 bits per heavy atom. The first-order chi connectivity index (χ1) is 11.8. The third-order valence-electron chi connectivity index (χ3n) is 3.37. The fourth-order valence-corrected chi connectivity index (χ4v) is 3.36. The molecule has 0 aliphatic rings. The molecule has 2 aromatic carbocycles. The molecular formula is C18H22N2O4S. The van der Waals surface area contributed by atoms with Crippen LogP contribution in [0, 0.1) is 13.8 Å². The lowest BCUT2D eigenvalue weighted by Crippen LogP contribution is -2.32. The van der Waals surface area contributed by atoms with Crippen LogP contribution in [0.25, 0.3) is 0 Å². The lowest BCUT2D eigenvalue weighted by molar-refractivity contribution is -0.115. The molecule has 0 saturated heterocycles. The van der Waals surface area contributed by atoms with Gasteiger partial charge in [-0.2, -0.15) is 0 Å². The van der Waals surface area contributed by atoms with Gasteiger partial charge in [-0.05, 0) is 68.3 Å². The number of anilines is 1. The van der Waals surface area contributed by atoms with Crippen molar-refractivity contribution in [3.63, 3.8) is 0 Å². The van der Waals surface area contributed by atoms with Gasteiger partial charge in [0, 0.05) is 5.69 Å². The highest BCUT2D eigenvalue weighted by Gasteiger charge is 2.15. The van der Waals surface area contributed by atoms with Crippen LogP contribution in [0.1, 0.15) is 18.1 Å². The van der Waals surface area contributed by atoms with Gasteiger partial charge in [-0.1, -0.05) is 6.07 Å². The molecule has 0 radical (unpaired) electrons. The summed E-state index contributed by atoms with van der Waals surface area (Å²) in [5, 5.41) is 2.69. The van der Waals surface area contributed by atoms with Crippen LogP contribution in [0.15, 0.2) is 47.4 Å². The number of ether oxygens (including phenoxy) is 1. The number of hydrogen-bond acceptors (Lipinski definition) is 4. The van der Waals surface area contributed by atoms with Gasteiger partial charge in [0.15, 0.2) is 0 Å². The van der Waals surface area contributed by atoms with Crippen LogP contribution in [0.5, 0.6) is 5.75 Å². The number of aryl methyl sites for hydroxylation is 2. The van der Waals surface area contributed by atoms with Crippen molar-refractivity contribution >= 4 is 21.6 Å². The number of amides is 1. The smallest absolute Gasteiger partial charge is 0.241 e. The highest BCUT2D eigenvalue weighted by molar-refractivity contribution is 7.89. The first-order valence-corrected chi connectivity index (χ1v) is 9.39. The molecule has 6 nitrogen and oxygen atoms in total. The number of carbonyl (C=O) groups is 1. The number of nitrogens with one attached hydrogen (secondary N) is 2. The molecule has 0 saturated carbocycles. The van der Waals surface area contributed by atoms with Gasteiger partial charge in [0.05, 0.1) is 18.0 Å². The number of hydrogen-bond donors (Lipinski definition) is 2. The summed E-state index contributed by atoms with van der Waals surface area (Å²) in [6, 6.07) is 11.7. The molecular weight excluding hydrogens is 340 g/mol. The fraction of sp³-hybridized carbons (Fsp3) is 0.278.